The second kappa shape index (κ2) is 8.39. The number of hydrogen-bond donors (Lipinski definition) is 2. The Morgan fingerprint density at radius 3 is 2.75 bits per heavy atom. The first-order valence-electron chi connectivity index (χ1n) is 9.05. The van der Waals surface area contributed by atoms with Gasteiger partial charge < -0.3 is 20.1 Å². The van der Waals surface area contributed by atoms with E-state index >= 15 is 0 Å². The number of carbonyl (C=O) groups excluding carboxylic acids is 1. The molecule has 142 valence electrons. The molecule has 7 nitrogen and oxygen atoms in total. The molecule has 4 rings (SSSR count). The van der Waals surface area contributed by atoms with E-state index in [0.717, 1.165) is 23.5 Å². The van der Waals surface area contributed by atoms with Crippen molar-refractivity contribution in [3.05, 3.63) is 77.6 Å². The van der Waals surface area contributed by atoms with Crippen molar-refractivity contribution < 1.29 is 14.3 Å². The number of hydrogen-bond acceptors (Lipinski definition) is 6. The predicted octanol–water partition coefficient (Wildman–Crippen LogP) is 2.79. The number of anilines is 1. The Balaban J connectivity index is 1.31. The topological polar surface area (TPSA) is 85.4 Å². The fraction of sp³-hybridized carbons (Fsp3) is 0.190. The molecule has 1 aromatic heterocycles. The van der Waals surface area contributed by atoms with Crippen LogP contribution in [0.2, 0.25) is 0 Å². The van der Waals surface area contributed by atoms with Gasteiger partial charge in [0.05, 0.1) is 0 Å². The fourth-order valence-corrected chi connectivity index (χ4v) is 2.86. The van der Waals surface area contributed by atoms with Gasteiger partial charge in [-0.1, -0.05) is 36.4 Å². The summed E-state index contributed by atoms with van der Waals surface area (Å²) in [6.07, 6.45) is 2.34. The van der Waals surface area contributed by atoms with Gasteiger partial charge in [0.25, 0.3) is 5.91 Å². The summed E-state index contributed by atoms with van der Waals surface area (Å²) in [4.78, 5) is 20.8. The Kier molecular flexibility index (Phi) is 5.33. The molecule has 2 heterocycles. The molecule has 0 atom stereocenters. The summed E-state index contributed by atoms with van der Waals surface area (Å²) < 4.78 is 10.7. The van der Waals surface area contributed by atoms with Crippen LogP contribution < -0.4 is 20.1 Å². The van der Waals surface area contributed by atoms with E-state index in [9.17, 15) is 4.79 Å². The van der Waals surface area contributed by atoms with Crippen LogP contribution >= 0.6 is 0 Å². The first kappa shape index (κ1) is 17.8. The van der Waals surface area contributed by atoms with E-state index in [1.165, 1.54) is 5.56 Å². The van der Waals surface area contributed by atoms with Gasteiger partial charge in [-0.15, -0.1) is 0 Å². The Hall–Kier alpha value is -3.61. The van der Waals surface area contributed by atoms with Crippen molar-refractivity contribution in [2.24, 2.45) is 0 Å². The Bertz CT molecular complexity index is 963. The van der Waals surface area contributed by atoms with E-state index in [-0.39, 0.29) is 12.7 Å². The summed E-state index contributed by atoms with van der Waals surface area (Å²) in [5, 5.41) is 6.02. The zero-order chi connectivity index (χ0) is 19.2. The maximum Gasteiger partial charge on any atom is 0.270 e. The van der Waals surface area contributed by atoms with Gasteiger partial charge in [0.1, 0.15) is 5.69 Å². The molecule has 0 spiro atoms. The van der Waals surface area contributed by atoms with E-state index in [4.69, 9.17) is 9.47 Å². The standard InChI is InChI=1S/C21H20N4O3/c26-20(22-10-8-15-4-2-1-3-5-15)17-9-11-23-21(25-17)24-13-16-6-7-18-19(12-16)28-14-27-18/h1-7,9,11-12H,8,10,13-14H2,(H,22,26)(H,23,24,25). The summed E-state index contributed by atoms with van der Waals surface area (Å²) in [6, 6.07) is 17.3. The number of aromatic nitrogens is 2. The van der Waals surface area contributed by atoms with Gasteiger partial charge in [0.2, 0.25) is 12.7 Å². The van der Waals surface area contributed by atoms with Gasteiger partial charge in [0, 0.05) is 19.3 Å². The fourth-order valence-electron chi connectivity index (χ4n) is 2.86. The molecule has 2 aromatic carbocycles. The molecule has 0 radical (unpaired) electrons. The van der Waals surface area contributed by atoms with E-state index in [1.807, 2.05) is 48.5 Å². The number of nitrogens with zero attached hydrogens (tertiary/aromatic N) is 2. The molecular weight excluding hydrogens is 356 g/mol. The van der Waals surface area contributed by atoms with Crippen LogP contribution in [0.25, 0.3) is 0 Å². The summed E-state index contributed by atoms with van der Waals surface area (Å²) in [5.74, 6) is 1.65. The van der Waals surface area contributed by atoms with Crippen molar-refractivity contribution in [3.63, 3.8) is 0 Å². The second-order valence-corrected chi connectivity index (χ2v) is 6.30. The van der Waals surface area contributed by atoms with E-state index in [0.29, 0.717) is 24.7 Å². The van der Waals surface area contributed by atoms with Gasteiger partial charge in [-0.3, -0.25) is 4.79 Å². The number of rotatable bonds is 7. The van der Waals surface area contributed by atoms with Crippen molar-refractivity contribution in [3.8, 4) is 11.5 Å². The Labute approximate surface area is 162 Å². The molecule has 1 amide bonds. The third-order valence-electron chi connectivity index (χ3n) is 4.32. The summed E-state index contributed by atoms with van der Waals surface area (Å²) in [7, 11) is 0. The quantitative estimate of drug-likeness (QED) is 0.660. The minimum absolute atomic E-state index is 0.218. The van der Waals surface area contributed by atoms with Crippen LogP contribution in [-0.2, 0) is 13.0 Å². The smallest absolute Gasteiger partial charge is 0.270 e. The first-order valence-corrected chi connectivity index (χ1v) is 9.05. The molecule has 0 bridgehead atoms. The van der Waals surface area contributed by atoms with E-state index < -0.39 is 0 Å². The molecule has 1 aliphatic heterocycles. The van der Waals surface area contributed by atoms with Crippen LogP contribution in [0.5, 0.6) is 11.5 Å². The number of benzene rings is 2. The van der Waals surface area contributed by atoms with Crippen LogP contribution in [0, 0.1) is 0 Å². The Morgan fingerprint density at radius 1 is 1.00 bits per heavy atom. The number of carbonyl (C=O) groups is 1. The van der Waals surface area contributed by atoms with Gasteiger partial charge in [-0.25, -0.2) is 9.97 Å². The number of ether oxygens (including phenoxy) is 2. The molecule has 28 heavy (non-hydrogen) atoms. The predicted molar refractivity (Wildman–Crippen MR) is 104 cm³/mol. The normalized spacial score (nSPS) is 11.9. The zero-order valence-electron chi connectivity index (χ0n) is 15.2. The lowest BCUT2D eigenvalue weighted by Gasteiger charge is -2.08. The highest BCUT2D eigenvalue weighted by molar-refractivity contribution is 5.92. The third-order valence-corrected chi connectivity index (χ3v) is 4.32. The van der Waals surface area contributed by atoms with Crippen molar-refractivity contribution in [2.45, 2.75) is 13.0 Å². The lowest BCUT2D eigenvalue weighted by molar-refractivity contribution is 0.0949. The summed E-state index contributed by atoms with van der Waals surface area (Å²) in [6.45, 7) is 1.30. The maximum atomic E-state index is 12.3. The van der Waals surface area contributed by atoms with Crippen LogP contribution in [0.4, 0.5) is 5.95 Å². The number of nitrogens with one attached hydrogen (secondary N) is 2. The SMILES string of the molecule is O=C(NCCc1ccccc1)c1ccnc(NCc2ccc3c(c2)OCO3)n1. The molecule has 0 saturated heterocycles. The summed E-state index contributed by atoms with van der Waals surface area (Å²) >= 11 is 0. The molecule has 0 fully saturated rings. The van der Waals surface area contributed by atoms with Gasteiger partial charge in [0.15, 0.2) is 11.5 Å². The average Bonchev–Trinajstić information content (AvgIpc) is 3.21. The van der Waals surface area contributed by atoms with Crippen molar-refractivity contribution in [2.75, 3.05) is 18.7 Å². The van der Waals surface area contributed by atoms with E-state index in [2.05, 4.69) is 20.6 Å². The van der Waals surface area contributed by atoms with Crippen LogP contribution in [0.1, 0.15) is 21.6 Å². The van der Waals surface area contributed by atoms with Crippen LogP contribution in [0.3, 0.4) is 0 Å². The molecular formula is C21H20N4O3. The van der Waals surface area contributed by atoms with Crippen molar-refractivity contribution in [1.29, 1.82) is 0 Å². The third kappa shape index (κ3) is 4.37. The highest BCUT2D eigenvalue weighted by atomic mass is 16.7. The van der Waals surface area contributed by atoms with Gasteiger partial charge in [-0.2, -0.15) is 0 Å². The van der Waals surface area contributed by atoms with Crippen molar-refractivity contribution in [1.82, 2.24) is 15.3 Å². The molecule has 2 N–H and O–H groups in total. The molecule has 7 heteroatoms. The van der Waals surface area contributed by atoms with Gasteiger partial charge >= 0.3 is 0 Å². The van der Waals surface area contributed by atoms with Gasteiger partial charge in [-0.05, 0) is 35.7 Å². The molecule has 1 aliphatic rings. The molecule has 0 saturated carbocycles. The first-order chi connectivity index (χ1) is 13.8. The zero-order valence-corrected chi connectivity index (χ0v) is 15.2. The van der Waals surface area contributed by atoms with E-state index in [1.54, 1.807) is 12.3 Å². The number of amides is 1. The summed E-state index contributed by atoms with van der Waals surface area (Å²) in [5.41, 5.74) is 2.51. The second-order valence-electron chi connectivity index (χ2n) is 6.30. The van der Waals surface area contributed by atoms with Crippen LogP contribution in [0.15, 0.2) is 60.8 Å². The highest BCUT2D eigenvalue weighted by Gasteiger charge is 2.13. The minimum atomic E-state index is -0.218. The van der Waals surface area contributed by atoms with Crippen LogP contribution in [-0.4, -0.2) is 29.2 Å². The lowest BCUT2D eigenvalue weighted by Crippen LogP contribution is -2.26. The minimum Gasteiger partial charge on any atom is -0.454 e. The largest absolute Gasteiger partial charge is 0.454 e. The lowest BCUT2D eigenvalue weighted by atomic mass is 10.1. The maximum absolute atomic E-state index is 12.3. The average molecular weight is 376 g/mol. The van der Waals surface area contributed by atoms with Crippen molar-refractivity contribution >= 4 is 11.9 Å². The number of fused-ring (bicyclic) bond motifs is 1. The molecule has 0 unspecified atom stereocenters. The Morgan fingerprint density at radius 2 is 1.86 bits per heavy atom. The highest BCUT2D eigenvalue weighted by Crippen LogP contribution is 2.32. The molecule has 0 aliphatic carbocycles. The molecule has 3 aromatic rings. The monoisotopic (exact) mass is 376 g/mol.